The van der Waals surface area contributed by atoms with Crippen LogP contribution in [0.2, 0.25) is 0 Å². The van der Waals surface area contributed by atoms with Gasteiger partial charge in [0.2, 0.25) is 0 Å². The molecule has 19 heavy (non-hydrogen) atoms. The Bertz CT molecular complexity index is 373. The predicted octanol–water partition coefficient (Wildman–Crippen LogP) is 3.14. The minimum atomic E-state index is -3.02. The Morgan fingerprint density at radius 2 is 1.74 bits per heavy atom. The lowest BCUT2D eigenvalue weighted by atomic mass is 9.68. The quantitative estimate of drug-likeness (QED) is 0.846. The number of sulfone groups is 1. The summed E-state index contributed by atoms with van der Waals surface area (Å²) >= 11 is 0. The van der Waals surface area contributed by atoms with E-state index in [1.165, 1.54) is 19.3 Å². The monoisotopic (exact) mass is 289 g/mol. The topological polar surface area (TPSA) is 60.2 Å². The average Bonchev–Trinajstić information content (AvgIpc) is 2.36. The Hall–Kier alpha value is -0.0900. The zero-order valence-electron chi connectivity index (χ0n) is 13.0. The van der Waals surface area contributed by atoms with Gasteiger partial charge in [-0.2, -0.15) is 0 Å². The molecule has 0 aromatic heterocycles. The molecule has 0 spiro atoms. The molecule has 3 nitrogen and oxygen atoms in total. The Kier molecular flexibility index (Phi) is 5.47. The van der Waals surface area contributed by atoms with Gasteiger partial charge in [-0.1, -0.05) is 13.3 Å². The van der Waals surface area contributed by atoms with Crippen molar-refractivity contribution in [1.82, 2.24) is 0 Å². The maximum Gasteiger partial charge on any atom is 0.155 e. The summed E-state index contributed by atoms with van der Waals surface area (Å²) in [6, 6.07) is 0. The molecule has 1 rings (SSSR count). The van der Waals surface area contributed by atoms with Crippen LogP contribution in [0.25, 0.3) is 0 Å². The Labute approximate surface area is 119 Å². The Balaban J connectivity index is 2.64. The molecule has 1 saturated carbocycles. The lowest BCUT2D eigenvalue weighted by Gasteiger charge is -2.40. The van der Waals surface area contributed by atoms with E-state index in [2.05, 4.69) is 6.92 Å². The Morgan fingerprint density at radius 1 is 1.21 bits per heavy atom. The van der Waals surface area contributed by atoms with Gasteiger partial charge in [-0.25, -0.2) is 8.42 Å². The second kappa shape index (κ2) is 6.13. The molecule has 0 unspecified atom stereocenters. The van der Waals surface area contributed by atoms with Crippen molar-refractivity contribution in [3.63, 3.8) is 0 Å². The fourth-order valence-electron chi connectivity index (χ4n) is 2.91. The van der Waals surface area contributed by atoms with Gasteiger partial charge in [-0.15, -0.1) is 0 Å². The summed E-state index contributed by atoms with van der Waals surface area (Å²) in [5.41, 5.74) is 6.04. The van der Waals surface area contributed by atoms with Crippen molar-refractivity contribution in [1.29, 1.82) is 0 Å². The lowest BCUT2D eigenvalue weighted by Crippen LogP contribution is -2.39. The Morgan fingerprint density at radius 3 is 2.11 bits per heavy atom. The van der Waals surface area contributed by atoms with Crippen molar-refractivity contribution in [2.45, 2.75) is 71.0 Å². The highest BCUT2D eigenvalue weighted by Gasteiger charge is 2.37. The van der Waals surface area contributed by atoms with Crippen LogP contribution in [0.3, 0.4) is 0 Å². The van der Waals surface area contributed by atoms with Crippen LogP contribution in [0.5, 0.6) is 0 Å². The minimum Gasteiger partial charge on any atom is -0.330 e. The molecule has 1 aliphatic carbocycles. The molecule has 4 heteroatoms. The van der Waals surface area contributed by atoms with Crippen LogP contribution in [0.1, 0.15) is 66.2 Å². The van der Waals surface area contributed by atoms with E-state index >= 15 is 0 Å². The first-order valence-corrected chi connectivity index (χ1v) is 9.23. The largest absolute Gasteiger partial charge is 0.330 e. The average molecular weight is 289 g/mol. The van der Waals surface area contributed by atoms with Gasteiger partial charge in [-0.3, -0.25) is 0 Å². The van der Waals surface area contributed by atoms with E-state index in [1.807, 2.05) is 0 Å². The molecule has 0 aromatic carbocycles. The molecule has 0 saturated heterocycles. The zero-order chi connectivity index (χ0) is 14.7. The summed E-state index contributed by atoms with van der Waals surface area (Å²) in [5.74, 6) is 1.10. The van der Waals surface area contributed by atoms with Gasteiger partial charge in [0.15, 0.2) is 9.84 Å². The van der Waals surface area contributed by atoms with Crippen molar-refractivity contribution in [2.24, 2.45) is 17.1 Å². The molecule has 0 aliphatic heterocycles. The number of nitrogens with two attached hydrogens (primary N) is 1. The molecule has 0 amide bonds. The van der Waals surface area contributed by atoms with E-state index in [0.29, 0.717) is 6.54 Å². The fraction of sp³-hybridized carbons (Fsp3) is 1.00. The second-order valence-corrected chi connectivity index (χ2v) is 10.1. The SMILES string of the molecule is CCC1CCC(CN)(CCS(=O)(=O)C(C)(C)C)CC1. The van der Waals surface area contributed by atoms with Gasteiger partial charge in [0.25, 0.3) is 0 Å². The minimum absolute atomic E-state index is 0.0734. The van der Waals surface area contributed by atoms with Crippen LogP contribution in [-0.2, 0) is 9.84 Å². The van der Waals surface area contributed by atoms with Crippen molar-refractivity contribution < 1.29 is 8.42 Å². The maximum atomic E-state index is 12.2. The summed E-state index contributed by atoms with van der Waals surface area (Å²) < 4.78 is 23.8. The van der Waals surface area contributed by atoms with Gasteiger partial charge in [-0.05, 0) is 70.8 Å². The molecule has 0 heterocycles. The molecule has 1 fully saturated rings. The van der Waals surface area contributed by atoms with E-state index in [0.717, 1.165) is 25.2 Å². The van der Waals surface area contributed by atoms with Gasteiger partial charge >= 0.3 is 0 Å². The fourth-order valence-corrected chi connectivity index (χ4v) is 4.23. The van der Waals surface area contributed by atoms with E-state index < -0.39 is 14.6 Å². The van der Waals surface area contributed by atoms with Gasteiger partial charge in [0.05, 0.1) is 10.5 Å². The number of hydrogen-bond acceptors (Lipinski definition) is 3. The van der Waals surface area contributed by atoms with Crippen LogP contribution in [-0.4, -0.2) is 25.5 Å². The summed E-state index contributed by atoms with van der Waals surface area (Å²) in [4.78, 5) is 0. The van der Waals surface area contributed by atoms with E-state index in [9.17, 15) is 8.42 Å². The van der Waals surface area contributed by atoms with Gasteiger partial charge < -0.3 is 5.73 Å². The van der Waals surface area contributed by atoms with Crippen LogP contribution in [0.4, 0.5) is 0 Å². The summed E-state index contributed by atoms with van der Waals surface area (Å²) in [6.45, 7) is 8.22. The normalized spacial score (nSPS) is 29.4. The molecule has 0 bridgehead atoms. The van der Waals surface area contributed by atoms with Crippen LogP contribution >= 0.6 is 0 Å². The maximum absolute atomic E-state index is 12.2. The van der Waals surface area contributed by atoms with Gasteiger partial charge in [0, 0.05) is 0 Å². The molecule has 1 aliphatic rings. The molecular weight excluding hydrogens is 258 g/mol. The lowest BCUT2D eigenvalue weighted by molar-refractivity contribution is 0.149. The van der Waals surface area contributed by atoms with Crippen LogP contribution in [0, 0.1) is 11.3 Å². The van der Waals surface area contributed by atoms with Crippen molar-refractivity contribution in [3.05, 3.63) is 0 Å². The van der Waals surface area contributed by atoms with Crippen molar-refractivity contribution >= 4 is 9.84 Å². The summed E-state index contributed by atoms with van der Waals surface area (Å²) in [7, 11) is -3.02. The third kappa shape index (κ3) is 4.19. The highest BCUT2D eigenvalue weighted by Crippen LogP contribution is 2.42. The first-order chi connectivity index (χ1) is 8.66. The summed E-state index contributed by atoms with van der Waals surface area (Å²) in [6.07, 6.45) is 6.59. The first-order valence-electron chi connectivity index (χ1n) is 7.58. The molecular formula is C15H31NO2S. The molecule has 114 valence electrons. The molecule has 0 atom stereocenters. The van der Waals surface area contributed by atoms with E-state index in [1.54, 1.807) is 20.8 Å². The highest BCUT2D eigenvalue weighted by molar-refractivity contribution is 7.92. The third-order valence-corrected chi connectivity index (χ3v) is 7.62. The van der Waals surface area contributed by atoms with E-state index in [4.69, 9.17) is 5.73 Å². The predicted molar refractivity (Wildman–Crippen MR) is 81.9 cm³/mol. The first kappa shape index (κ1) is 17.0. The molecule has 0 radical (unpaired) electrons. The van der Waals surface area contributed by atoms with Crippen molar-refractivity contribution in [3.8, 4) is 0 Å². The number of hydrogen-bond donors (Lipinski definition) is 1. The van der Waals surface area contributed by atoms with Crippen molar-refractivity contribution in [2.75, 3.05) is 12.3 Å². The highest BCUT2D eigenvalue weighted by atomic mass is 32.2. The summed E-state index contributed by atoms with van der Waals surface area (Å²) in [5, 5.41) is 0. The van der Waals surface area contributed by atoms with Gasteiger partial charge in [0.1, 0.15) is 0 Å². The molecule has 2 N–H and O–H groups in total. The third-order valence-electron chi connectivity index (χ3n) is 5.01. The van der Waals surface area contributed by atoms with Crippen LogP contribution < -0.4 is 5.73 Å². The number of rotatable bonds is 5. The zero-order valence-corrected chi connectivity index (χ0v) is 13.9. The van der Waals surface area contributed by atoms with Crippen LogP contribution in [0.15, 0.2) is 0 Å². The standard InChI is InChI=1S/C15H31NO2S/c1-5-13-6-8-15(12-16,9-7-13)10-11-19(17,18)14(2,3)4/h13H,5-12,16H2,1-4H3. The smallest absolute Gasteiger partial charge is 0.155 e. The second-order valence-electron chi connectivity index (χ2n) is 7.24. The molecule has 0 aromatic rings. The van der Waals surface area contributed by atoms with E-state index in [-0.39, 0.29) is 11.2 Å².